The van der Waals surface area contributed by atoms with E-state index < -0.39 is 10.9 Å². The topological polar surface area (TPSA) is 103 Å². The molecule has 20 heavy (non-hydrogen) atoms. The molecule has 102 valence electrons. The Balaban J connectivity index is 2.40. The van der Waals surface area contributed by atoms with E-state index in [1.54, 1.807) is 13.0 Å². The number of hydrogen-bond acceptors (Lipinski definition) is 5. The average molecular weight is 274 g/mol. The third-order valence-electron chi connectivity index (χ3n) is 2.45. The van der Waals surface area contributed by atoms with Crippen LogP contribution in [0.1, 0.15) is 16.1 Å². The van der Waals surface area contributed by atoms with Gasteiger partial charge < -0.3 is 9.84 Å². The number of non-ortho nitro benzene ring substituents is 1. The highest BCUT2D eigenvalue weighted by atomic mass is 16.6. The molecular formula is C13H10N2O5. The van der Waals surface area contributed by atoms with Crippen molar-refractivity contribution in [1.29, 1.82) is 0 Å². The Morgan fingerprint density at radius 2 is 2.15 bits per heavy atom. The lowest BCUT2D eigenvalue weighted by molar-refractivity contribution is -0.385. The summed E-state index contributed by atoms with van der Waals surface area (Å²) in [5.41, 5.74) is 0.257. The van der Waals surface area contributed by atoms with E-state index >= 15 is 0 Å². The lowest BCUT2D eigenvalue weighted by Gasteiger charge is -2.08. The zero-order valence-electron chi connectivity index (χ0n) is 10.4. The summed E-state index contributed by atoms with van der Waals surface area (Å²) >= 11 is 0. The highest BCUT2D eigenvalue weighted by molar-refractivity contribution is 5.88. The Morgan fingerprint density at radius 3 is 2.80 bits per heavy atom. The summed E-state index contributed by atoms with van der Waals surface area (Å²) in [4.78, 5) is 24.9. The van der Waals surface area contributed by atoms with Gasteiger partial charge in [-0.05, 0) is 30.7 Å². The molecule has 0 aliphatic heterocycles. The minimum atomic E-state index is -1.23. The zero-order chi connectivity index (χ0) is 14.7. The van der Waals surface area contributed by atoms with Crippen LogP contribution in [0.25, 0.3) is 0 Å². The predicted molar refractivity (Wildman–Crippen MR) is 69.1 cm³/mol. The average Bonchev–Trinajstić information content (AvgIpc) is 2.38. The fraction of sp³-hybridized carbons (Fsp3) is 0.0769. The second-order valence-corrected chi connectivity index (χ2v) is 4.02. The first-order valence-corrected chi connectivity index (χ1v) is 5.59. The van der Waals surface area contributed by atoms with Gasteiger partial charge in [0.25, 0.3) is 5.69 Å². The number of nitro benzene ring substituents is 1. The normalized spacial score (nSPS) is 10.1. The molecule has 0 saturated heterocycles. The van der Waals surface area contributed by atoms with E-state index in [0.717, 1.165) is 0 Å². The van der Waals surface area contributed by atoms with Crippen molar-refractivity contribution < 1.29 is 19.6 Å². The van der Waals surface area contributed by atoms with E-state index in [2.05, 4.69) is 4.98 Å². The molecule has 7 heteroatoms. The van der Waals surface area contributed by atoms with Crippen molar-refractivity contribution in [3.05, 3.63) is 57.9 Å². The monoisotopic (exact) mass is 274 g/mol. The van der Waals surface area contributed by atoms with Gasteiger partial charge in [0, 0.05) is 12.3 Å². The number of carboxylic acid groups (broad SMARTS) is 1. The number of carbonyl (C=O) groups is 1. The van der Waals surface area contributed by atoms with Gasteiger partial charge in [0.2, 0.25) is 0 Å². The molecule has 0 aliphatic carbocycles. The number of hydrogen-bond donors (Lipinski definition) is 1. The molecule has 0 aliphatic rings. The van der Waals surface area contributed by atoms with Gasteiger partial charge in [-0.15, -0.1) is 0 Å². The Hall–Kier alpha value is -2.96. The van der Waals surface area contributed by atoms with Gasteiger partial charge in [-0.2, -0.15) is 0 Å². The summed E-state index contributed by atoms with van der Waals surface area (Å²) in [6.07, 6.45) is 1.33. The van der Waals surface area contributed by atoms with Crippen LogP contribution in [0.2, 0.25) is 0 Å². The summed E-state index contributed by atoms with van der Waals surface area (Å²) in [6.45, 7) is 1.68. The van der Waals surface area contributed by atoms with Gasteiger partial charge in [0.1, 0.15) is 5.75 Å². The minimum Gasteiger partial charge on any atom is -0.476 e. The molecular weight excluding hydrogens is 264 g/mol. The number of ether oxygens (including phenoxy) is 1. The number of nitro groups is 1. The standard InChI is InChI=1S/C13H10N2O5/c1-8-5-9(15(18)19)7-10(6-8)20-11-3-2-4-14-12(11)13(16)17/h2-7H,1H3,(H,16,17). The molecule has 0 atom stereocenters. The number of carboxylic acids is 1. The highest BCUT2D eigenvalue weighted by Crippen LogP contribution is 2.28. The Kier molecular flexibility index (Phi) is 3.60. The number of rotatable bonds is 4. The number of aromatic nitrogens is 1. The second-order valence-electron chi connectivity index (χ2n) is 4.02. The lowest BCUT2D eigenvalue weighted by atomic mass is 10.2. The maximum Gasteiger partial charge on any atom is 0.358 e. The summed E-state index contributed by atoms with van der Waals surface area (Å²) in [5.74, 6) is -1.02. The van der Waals surface area contributed by atoms with E-state index in [4.69, 9.17) is 9.84 Å². The first kappa shape index (κ1) is 13.5. The van der Waals surface area contributed by atoms with Crippen molar-refractivity contribution in [1.82, 2.24) is 4.98 Å². The molecule has 0 radical (unpaired) electrons. The smallest absolute Gasteiger partial charge is 0.358 e. The third kappa shape index (κ3) is 2.89. The van der Waals surface area contributed by atoms with Crippen LogP contribution in [0.4, 0.5) is 5.69 Å². The molecule has 2 aromatic rings. The van der Waals surface area contributed by atoms with E-state index in [-0.39, 0.29) is 22.9 Å². The fourth-order valence-electron chi connectivity index (χ4n) is 1.65. The molecule has 1 heterocycles. The van der Waals surface area contributed by atoms with Gasteiger partial charge in [0.15, 0.2) is 11.4 Å². The van der Waals surface area contributed by atoms with Gasteiger partial charge in [-0.1, -0.05) is 0 Å². The van der Waals surface area contributed by atoms with Crippen LogP contribution in [0.5, 0.6) is 11.5 Å². The van der Waals surface area contributed by atoms with Crippen LogP contribution in [-0.2, 0) is 0 Å². The van der Waals surface area contributed by atoms with Gasteiger partial charge in [-0.3, -0.25) is 10.1 Å². The highest BCUT2D eigenvalue weighted by Gasteiger charge is 2.15. The number of benzene rings is 1. The SMILES string of the molecule is Cc1cc(Oc2cccnc2C(=O)O)cc([N+](=O)[O-])c1. The van der Waals surface area contributed by atoms with E-state index in [1.165, 1.54) is 30.5 Å². The van der Waals surface area contributed by atoms with E-state index in [0.29, 0.717) is 5.56 Å². The summed E-state index contributed by atoms with van der Waals surface area (Å²) in [7, 11) is 0. The van der Waals surface area contributed by atoms with Crippen LogP contribution in [-0.4, -0.2) is 21.0 Å². The van der Waals surface area contributed by atoms with Gasteiger partial charge in [0.05, 0.1) is 11.0 Å². The van der Waals surface area contributed by atoms with Crippen molar-refractivity contribution in [3.63, 3.8) is 0 Å². The van der Waals surface area contributed by atoms with Crippen molar-refractivity contribution >= 4 is 11.7 Å². The second kappa shape index (κ2) is 5.35. The van der Waals surface area contributed by atoms with Crippen molar-refractivity contribution in [2.45, 2.75) is 6.92 Å². The molecule has 0 bridgehead atoms. The molecule has 0 saturated carbocycles. The maximum absolute atomic E-state index is 11.0. The van der Waals surface area contributed by atoms with Crippen molar-refractivity contribution in [2.24, 2.45) is 0 Å². The molecule has 0 fully saturated rings. The van der Waals surface area contributed by atoms with Crippen molar-refractivity contribution in [3.8, 4) is 11.5 Å². The summed E-state index contributed by atoms with van der Waals surface area (Å²) in [6, 6.07) is 7.15. The maximum atomic E-state index is 11.0. The molecule has 1 aromatic heterocycles. The van der Waals surface area contributed by atoms with Crippen LogP contribution in [0.15, 0.2) is 36.5 Å². The number of pyridine rings is 1. The van der Waals surface area contributed by atoms with E-state index in [9.17, 15) is 14.9 Å². The zero-order valence-corrected chi connectivity index (χ0v) is 10.4. The van der Waals surface area contributed by atoms with E-state index in [1.807, 2.05) is 0 Å². The van der Waals surface area contributed by atoms with Crippen molar-refractivity contribution in [2.75, 3.05) is 0 Å². The molecule has 1 aromatic carbocycles. The summed E-state index contributed by atoms with van der Waals surface area (Å²) in [5, 5.41) is 19.8. The third-order valence-corrected chi connectivity index (χ3v) is 2.45. The summed E-state index contributed by atoms with van der Waals surface area (Å²) < 4.78 is 5.39. The molecule has 2 rings (SSSR count). The van der Waals surface area contributed by atoms with Gasteiger partial charge >= 0.3 is 5.97 Å². The minimum absolute atomic E-state index is 0.0277. The Morgan fingerprint density at radius 1 is 1.40 bits per heavy atom. The van der Waals surface area contributed by atoms with Crippen LogP contribution < -0.4 is 4.74 Å². The molecule has 7 nitrogen and oxygen atoms in total. The Labute approximate surface area is 113 Å². The molecule has 0 spiro atoms. The molecule has 0 amide bonds. The molecule has 0 unspecified atom stereocenters. The Bertz CT molecular complexity index is 684. The first-order valence-electron chi connectivity index (χ1n) is 5.59. The van der Waals surface area contributed by atoms with Crippen LogP contribution >= 0.6 is 0 Å². The van der Waals surface area contributed by atoms with Gasteiger partial charge in [-0.25, -0.2) is 9.78 Å². The fourth-order valence-corrected chi connectivity index (χ4v) is 1.65. The first-order chi connectivity index (χ1) is 9.47. The molecule has 1 N–H and O–H groups in total. The number of aryl methyl sites for hydroxylation is 1. The predicted octanol–water partition coefficient (Wildman–Crippen LogP) is 2.79. The lowest BCUT2D eigenvalue weighted by Crippen LogP contribution is -2.03. The quantitative estimate of drug-likeness (QED) is 0.679. The van der Waals surface area contributed by atoms with Crippen LogP contribution in [0, 0.1) is 17.0 Å². The largest absolute Gasteiger partial charge is 0.476 e. The number of nitrogens with zero attached hydrogens (tertiary/aromatic N) is 2. The van der Waals surface area contributed by atoms with Crippen LogP contribution in [0.3, 0.4) is 0 Å². The number of aromatic carboxylic acids is 1.